The zero-order valence-corrected chi connectivity index (χ0v) is 15.4. The number of fused-ring (bicyclic) bond motifs is 1. The van der Waals surface area contributed by atoms with E-state index in [0.717, 1.165) is 36.1 Å². The van der Waals surface area contributed by atoms with E-state index in [1.165, 1.54) is 23.5 Å². The quantitative estimate of drug-likeness (QED) is 0.630. The summed E-state index contributed by atoms with van der Waals surface area (Å²) in [4.78, 5) is 26.9. The van der Waals surface area contributed by atoms with Gasteiger partial charge < -0.3 is 5.32 Å². The Hall–Kier alpha value is -2.79. The maximum atomic E-state index is 14.0. The summed E-state index contributed by atoms with van der Waals surface area (Å²) in [5.74, 6) is -1.21. The van der Waals surface area contributed by atoms with Gasteiger partial charge in [0, 0.05) is 10.4 Å². The number of benzene rings is 2. The molecule has 4 rings (SSSR count). The van der Waals surface area contributed by atoms with Gasteiger partial charge in [0.25, 0.3) is 5.91 Å². The van der Waals surface area contributed by atoms with Crippen LogP contribution in [0.15, 0.2) is 54.6 Å². The Kier molecular flexibility index (Phi) is 4.86. The average Bonchev–Trinajstić information content (AvgIpc) is 3.06. The zero-order valence-electron chi connectivity index (χ0n) is 14.6. The van der Waals surface area contributed by atoms with Gasteiger partial charge in [0.15, 0.2) is 5.78 Å². The molecule has 1 N–H and O–H groups in total. The molecule has 0 spiro atoms. The lowest BCUT2D eigenvalue weighted by molar-refractivity contribution is 0.102. The molecule has 1 heterocycles. The number of hydrogen-bond acceptors (Lipinski definition) is 3. The number of ketones is 1. The van der Waals surface area contributed by atoms with Crippen LogP contribution < -0.4 is 5.32 Å². The summed E-state index contributed by atoms with van der Waals surface area (Å²) in [6, 6.07) is 14.9. The fourth-order valence-electron chi connectivity index (χ4n) is 3.44. The maximum absolute atomic E-state index is 14.0. The molecule has 1 aromatic heterocycles. The molecule has 0 unspecified atom stereocenters. The van der Waals surface area contributed by atoms with Crippen molar-refractivity contribution in [3.8, 4) is 0 Å². The van der Waals surface area contributed by atoms with E-state index in [-0.39, 0.29) is 11.3 Å². The molecule has 0 bridgehead atoms. The molecule has 3 nitrogen and oxygen atoms in total. The van der Waals surface area contributed by atoms with Crippen molar-refractivity contribution in [3.05, 3.63) is 87.5 Å². The molecule has 0 saturated heterocycles. The first-order chi connectivity index (χ1) is 13.1. The smallest absolute Gasteiger partial charge is 0.259 e. The molecule has 27 heavy (non-hydrogen) atoms. The topological polar surface area (TPSA) is 46.2 Å². The third-order valence-corrected chi connectivity index (χ3v) is 5.99. The predicted octanol–water partition coefficient (Wildman–Crippen LogP) is 5.25. The number of amides is 1. The molecule has 0 atom stereocenters. The van der Waals surface area contributed by atoms with Gasteiger partial charge >= 0.3 is 0 Å². The van der Waals surface area contributed by atoms with Crippen LogP contribution >= 0.6 is 11.3 Å². The van der Waals surface area contributed by atoms with E-state index in [1.807, 2.05) is 18.2 Å². The summed E-state index contributed by atoms with van der Waals surface area (Å²) in [6.07, 6.45) is 3.84. The summed E-state index contributed by atoms with van der Waals surface area (Å²) in [7, 11) is 0. The molecule has 0 fully saturated rings. The van der Waals surface area contributed by atoms with Crippen molar-refractivity contribution in [3.63, 3.8) is 0 Å². The number of hydrogen-bond donors (Lipinski definition) is 1. The molecule has 136 valence electrons. The van der Waals surface area contributed by atoms with Crippen molar-refractivity contribution >= 4 is 28.0 Å². The summed E-state index contributed by atoms with van der Waals surface area (Å²) >= 11 is 1.44. The zero-order chi connectivity index (χ0) is 18.8. The maximum Gasteiger partial charge on any atom is 0.259 e. The van der Waals surface area contributed by atoms with Crippen LogP contribution in [0.25, 0.3) is 0 Å². The molecule has 0 saturated carbocycles. The summed E-state index contributed by atoms with van der Waals surface area (Å²) < 4.78 is 14.0. The van der Waals surface area contributed by atoms with Crippen molar-refractivity contribution in [1.29, 1.82) is 0 Å². The van der Waals surface area contributed by atoms with E-state index < -0.39 is 11.7 Å². The van der Waals surface area contributed by atoms with Gasteiger partial charge in [0.2, 0.25) is 0 Å². The summed E-state index contributed by atoms with van der Waals surface area (Å²) in [6.45, 7) is 0. The number of carbonyl (C=O) groups excluding carboxylic acids is 2. The molecule has 1 aliphatic carbocycles. The van der Waals surface area contributed by atoms with Crippen LogP contribution in [0.3, 0.4) is 0 Å². The molecule has 0 radical (unpaired) electrons. The van der Waals surface area contributed by atoms with Gasteiger partial charge in [-0.1, -0.05) is 42.5 Å². The second-order valence-electron chi connectivity index (χ2n) is 6.54. The van der Waals surface area contributed by atoms with Crippen molar-refractivity contribution in [2.75, 3.05) is 5.32 Å². The van der Waals surface area contributed by atoms with Gasteiger partial charge in [-0.25, -0.2) is 4.39 Å². The fourth-order valence-corrected chi connectivity index (χ4v) is 4.73. The third kappa shape index (κ3) is 3.43. The third-order valence-electron chi connectivity index (χ3n) is 4.78. The average molecular weight is 379 g/mol. The van der Waals surface area contributed by atoms with Gasteiger partial charge in [-0.15, -0.1) is 11.3 Å². The van der Waals surface area contributed by atoms with Crippen molar-refractivity contribution in [2.45, 2.75) is 25.7 Å². The lowest BCUT2D eigenvalue weighted by Gasteiger charge is -2.12. The lowest BCUT2D eigenvalue weighted by atomic mass is 9.92. The molecule has 0 aliphatic heterocycles. The van der Waals surface area contributed by atoms with E-state index in [2.05, 4.69) is 5.32 Å². The number of nitrogens with one attached hydrogen (secondary N) is 1. The first kappa shape index (κ1) is 17.6. The standard InChI is InChI=1S/C22H18FNO2S/c23-17-12-6-4-10-15(17)21(26)24-22-19(16-11-5-7-13-18(16)27-22)20(25)14-8-2-1-3-9-14/h1-4,6,8-10,12H,5,7,11,13H2,(H,24,26). The first-order valence-electron chi connectivity index (χ1n) is 8.95. The predicted molar refractivity (Wildman–Crippen MR) is 105 cm³/mol. The minimum atomic E-state index is -0.577. The number of anilines is 1. The SMILES string of the molecule is O=C(Nc1sc2c(c1C(=O)c1ccccc1)CCCC2)c1ccccc1F. The molecular weight excluding hydrogens is 361 g/mol. The largest absolute Gasteiger partial charge is 0.313 e. The summed E-state index contributed by atoms with van der Waals surface area (Å²) in [5, 5.41) is 3.31. The minimum Gasteiger partial charge on any atom is -0.313 e. The normalized spacial score (nSPS) is 13.1. The minimum absolute atomic E-state index is 0.0259. The van der Waals surface area contributed by atoms with Crippen molar-refractivity contribution in [2.24, 2.45) is 0 Å². The fraction of sp³-hybridized carbons (Fsp3) is 0.182. The first-order valence-corrected chi connectivity index (χ1v) is 9.77. The Morgan fingerprint density at radius 3 is 2.41 bits per heavy atom. The Morgan fingerprint density at radius 2 is 1.63 bits per heavy atom. The number of thiophene rings is 1. The van der Waals surface area contributed by atoms with Gasteiger partial charge in [0.05, 0.1) is 11.1 Å². The molecule has 1 amide bonds. The van der Waals surface area contributed by atoms with Gasteiger partial charge in [-0.3, -0.25) is 9.59 Å². The monoisotopic (exact) mass is 379 g/mol. The van der Waals surface area contributed by atoms with Crippen LogP contribution in [-0.2, 0) is 12.8 Å². The van der Waals surface area contributed by atoms with Crippen LogP contribution in [-0.4, -0.2) is 11.7 Å². The van der Waals surface area contributed by atoms with Gasteiger partial charge in [-0.05, 0) is 43.4 Å². The second kappa shape index (κ2) is 7.45. The molecule has 2 aromatic carbocycles. The Bertz CT molecular complexity index is 1010. The number of rotatable bonds is 4. The molecule has 5 heteroatoms. The molecule has 3 aromatic rings. The number of aryl methyl sites for hydroxylation is 1. The van der Waals surface area contributed by atoms with E-state index in [0.29, 0.717) is 16.1 Å². The van der Waals surface area contributed by atoms with E-state index in [4.69, 9.17) is 0 Å². The van der Waals surface area contributed by atoms with Crippen LogP contribution in [0.4, 0.5) is 9.39 Å². The van der Waals surface area contributed by atoms with Crippen molar-refractivity contribution in [1.82, 2.24) is 0 Å². The van der Waals surface area contributed by atoms with Crippen LogP contribution in [0.5, 0.6) is 0 Å². The molecular formula is C22H18FNO2S. The van der Waals surface area contributed by atoms with E-state index in [1.54, 1.807) is 24.3 Å². The highest BCUT2D eigenvalue weighted by Crippen LogP contribution is 2.39. The van der Waals surface area contributed by atoms with E-state index in [9.17, 15) is 14.0 Å². The van der Waals surface area contributed by atoms with Crippen LogP contribution in [0.1, 0.15) is 49.6 Å². The highest BCUT2D eigenvalue weighted by atomic mass is 32.1. The highest BCUT2D eigenvalue weighted by molar-refractivity contribution is 7.17. The number of carbonyl (C=O) groups is 2. The summed E-state index contributed by atoms with van der Waals surface area (Å²) in [5.41, 5.74) is 2.15. The van der Waals surface area contributed by atoms with Crippen LogP contribution in [0.2, 0.25) is 0 Å². The van der Waals surface area contributed by atoms with E-state index >= 15 is 0 Å². The van der Waals surface area contributed by atoms with Crippen LogP contribution in [0, 0.1) is 5.82 Å². The molecule has 1 aliphatic rings. The van der Waals surface area contributed by atoms with Gasteiger partial charge in [0.1, 0.15) is 10.8 Å². The Balaban J connectivity index is 1.74. The Morgan fingerprint density at radius 1 is 0.926 bits per heavy atom. The Labute approximate surface area is 160 Å². The second-order valence-corrected chi connectivity index (χ2v) is 7.65. The highest BCUT2D eigenvalue weighted by Gasteiger charge is 2.27. The van der Waals surface area contributed by atoms with Crippen molar-refractivity contribution < 1.29 is 14.0 Å². The lowest BCUT2D eigenvalue weighted by Crippen LogP contribution is -2.16. The van der Waals surface area contributed by atoms with Gasteiger partial charge in [-0.2, -0.15) is 0 Å². The number of halogens is 1.